The number of hydrogen-bond acceptors (Lipinski definition) is 0. The Bertz CT molecular complexity index is 2150. The minimum Gasteiger partial charge on any atom is -0.0984 e. The van der Waals surface area contributed by atoms with Gasteiger partial charge in [-0.05, 0) is 85.0 Å². The highest BCUT2D eigenvalue weighted by atomic mass is 14.2. The number of hydrogen-bond donors (Lipinski definition) is 0. The van der Waals surface area contributed by atoms with Gasteiger partial charge in [-0.3, -0.25) is 0 Å². The van der Waals surface area contributed by atoms with Crippen LogP contribution in [0.5, 0.6) is 0 Å². The van der Waals surface area contributed by atoms with Gasteiger partial charge in [0, 0.05) is 0 Å². The molecule has 0 radical (unpaired) electrons. The molecule has 0 amide bonds. The van der Waals surface area contributed by atoms with Gasteiger partial charge in [-0.2, -0.15) is 0 Å². The summed E-state index contributed by atoms with van der Waals surface area (Å²) in [5, 5.41) is 2.47. The Balaban J connectivity index is 1.50. The summed E-state index contributed by atoms with van der Waals surface area (Å²) in [7, 11) is 0. The molecule has 0 fully saturated rings. The van der Waals surface area contributed by atoms with Gasteiger partial charge in [0.15, 0.2) is 0 Å². The first-order chi connectivity index (χ1) is 23.2. The number of rotatable bonds is 7. The van der Waals surface area contributed by atoms with Crippen LogP contribution in [0.15, 0.2) is 189 Å². The predicted molar refractivity (Wildman–Crippen MR) is 208 cm³/mol. The summed E-state index contributed by atoms with van der Waals surface area (Å²) in [4.78, 5) is 0. The van der Waals surface area contributed by atoms with E-state index in [-0.39, 0.29) is 0 Å². The Kier molecular flexibility index (Phi) is 9.81. The van der Waals surface area contributed by atoms with Gasteiger partial charge < -0.3 is 0 Å². The van der Waals surface area contributed by atoms with E-state index in [1.165, 1.54) is 16.3 Å². The van der Waals surface area contributed by atoms with Crippen molar-refractivity contribution in [3.05, 3.63) is 223 Å². The van der Waals surface area contributed by atoms with Crippen molar-refractivity contribution in [2.24, 2.45) is 0 Å². The third-order valence-electron chi connectivity index (χ3n) is 8.43. The second-order valence-corrected chi connectivity index (χ2v) is 11.4. The summed E-state index contributed by atoms with van der Waals surface area (Å²) in [6.45, 7) is 10.8. The molecule has 0 heteroatoms. The third-order valence-corrected chi connectivity index (χ3v) is 8.43. The second kappa shape index (κ2) is 14.9. The monoisotopic (exact) mass is 602 g/mol. The van der Waals surface area contributed by atoms with E-state index in [0.29, 0.717) is 0 Å². The van der Waals surface area contributed by atoms with E-state index in [2.05, 4.69) is 189 Å². The molecule has 6 rings (SSSR count). The Morgan fingerprint density at radius 2 is 1.28 bits per heavy atom. The maximum absolute atomic E-state index is 4.63. The summed E-state index contributed by atoms with van der Waals surface area (Å²) in [6.07, 6.45) is 27.5. The molecular formula is C47H38. The van der Waals surface area contributed by atoms with Gasteiger partial charge in [0.25, 0.3) is 0 Å². The predicted octanol–water partition coefficient (Wildman–Crippen LogP) is 12.9. The summed E-state index contributed by atoms with van der Waals surface area (Å²) < 4.78 is 0. The van der Waals surface area contributed by atoms with Gasteiger partial charge in [0.05, 0.1) is 0 Å². The average molecular weight is 603 g/mol. The van der Waals surface area contributed by atoms with Crippen molar-refractivity contribution in [3.8, 4) is 11.1 Å². The molecule has 226 valence electrons. The molecule has 5 aromatic rings. The topological polar surface area (TPSA) is 0 Å². The standard InChI is InChI=1S/C47H38/c1-4-19-37-27-17-31-45(42(37)5-2)41-32-33-46(47(34-41)35(3)36-20-12-9-13-21-36)40-23-11-8-6-7-10-22-38(25-16-26-40)44-30-18-28-39-24-14-15-29-43(39)44/h4-34H,2-3H2,1H3/b7-6+,8-6?,10-7?,11-8-,19-4-,22-10-,23-11?,25-16?,26-16+,38-22?,38-25+,40-23+,40-26?. The van der Waals surface area contributed by atoms with Crippen molar-refractivity contribution < 1.29 is 0 Å². The molecule has 47 heavy (non-hydrogen) atoms. The minimum absolute atomic E-state index is 0.978. The largest absolute Gasteiger partial charge is 0.0984 e. The Hall–Kier alpha value is -5.98. The summed E-state index contributed by atoms with van der Waals surface area (Å²) in [6, 6.07) is 38.6. The normalized spacial score (nSPS) is 18.1. The van der Waals surface area contributed by atoms with E-state index in [0.717, 1.165) is 55.7 Å². The van der Waals surface area contributed by atoms with Crippen molar-refractivity contribution in [2.75, 3.05) is 0 Å². The van der Waals surface area contributed by atoms with Crippen LogP contribution in [-0.2, 0) is 0 Å². The molecule has 0 heterocycles. The van der Waals surface area contributed by atoms with E-state index < -0.39 is 0 Å². The first-order valence-electron chi connectivity index (χ1n) is 16.0. The van der Waals surface area contributed by atoms with Crippen molar-refractivity contribution in [1.29, 1.82) is 0 Å². The fourth-order valence-electron chi connectivity index (χ4n) is 6.11. The summed E-state index contributed by atoms with van der Waals surface area (Å²) in [5.41, 5.74) is 12.3. The van der Waals surface area contributed by atoms with Crippen LogP contribution < -0.4 is 0 Å². The summed E-state index contributed by atoms with van der Waals surface area (Å²) >= 11 is 0. The number of fused-ring (bicyclic) bond motifs is 1. The van der Waals surface area contributed by atoms with Crippen LogP contribution >= 0.6 is 0 Å². The number of allylic oxidation sites excluding steroid dienone is 13. The lowest BCUT2D eigenvalue weighted by Crippen LogP contribution is -1.96. The van der Waals surface area contributed by atoms with Crippen molar-refractivity contribution in [2.45, 2.75) is 6.92 Å². The van der Waals surface area contributed by atoms with Gasteiger partial charge in [-0.1, -0.05) is 195 Å². The van der Waals surface area contributed by atoms with Crippen molar-refractivity contribution >= 4 is 39.6 Å². The van der Waals surface area contributed by atoms with E-state index in [9.17, 15) is 0 Å². The van der Waals surface area contributed by atoms with E-state index in [4.69, 9.17) is 0 Å². The smallest absolute Gasteiger partial charge is 0.00992 e. The van der Waals surface area contributed by atoms with Crippen LogP contribution in [0.2, 0.25) is 0 Å². The molecule has 0 aromatic heterocycles. The molecular weight excluding hydrogens is 565 g/mol. The molecule has 0 nitrogen and oxygen atoms in total. The highest BCUT2D eigenvalue weighted by Crippen LogP contribution is 2.36. The first kappa shape index (κ1) is 31.0. The van der Waals surface area contributed by atoms with Crippen LogP contribution in [0, 0.1) is 0 Å². The molecule has 0 N–H and O–H groups in total. The van der Waals surface area contributed by atoms with Gasteiger partial charge in [0.1, 0.15) is 0 Å². The number of benzene rings is 5. The molecule has 0 atom stereocenters. The lowest BCUT2D eigenvalue weighted by molar-refractivity contribution is 1.49. The molecule has 0 aliphatic heterocycles. The minimum atomic E-state index is 0.978. The average Bonchev–Trinajstić information content (AvgIpc) is 3.11. The van der Waals surface area contributed by atoms with E-state index in [1.54, 1.807) is 0 Å². The SMILES string of the molecule is C=Cc1c(/C=C\C)cccc1-c1ccc(C2=C/C=C\C=C\C=C/C(c3cccc4ccccc34)=C\C=C\2)c(C(=C)c2ccccc2)c1. The molecule has 5 aromatic carbocycles. The van der Waals surface area contributed by atoms with Crippen LogP contribution in [-0.4, -0.2) is 0 Å². The molecule has 0 saturated carbocycles. The first-order valence-corrected chi connectivity index (χ1v) is 16.0. The fraction of sp³-hybridized carbons (Fsp3) is 0.0213. The highest BCUT2D eigenvalue weighted by Gasteiger charge is 2.14. The fourth-order valence-corrected chi connectivity index (χ4v) is 6.11. The molecule has 0 unspecified atom stereocenters. The second-order valence-electron chi connectivity index (χ2n) is 11.4. The zero-order valence-corrected chi connectivity index (χ0v) is 26.8. The maximum Gasteiger partial charge on any atom is -0.00992 e. The van der Waals surface area contributed by atoms with Crippen LogP contribution in [0.4, 0.5) is 0 Å². The Labute approximate surface area is 279 Å². The highest BCUT2D eigenvalue weighted by molar-refractivity contribution is 5.97. The molecule has 0 bridgehead atoms. The van der Waals surface area contributed by atoms with E-state index >= 15 is 0 Å². The third kappa shape index (κ3) is 6.98. The lowest BCUT2D eigenvalue weighted by Gasteiger charge is -2.17. The zero-order chi connectivity index (χ0) is 32.4. The van der Waals surface area contributed by atoms with Gasteiger partial charge in [0.2, 0.25) is 0 Å². The van der Waals surface area contributed by atoms with Gasteiger partial charge in [-0.15, -0.1) is 0 Å². The Morgan fingerprint density at radius 3 is 2.13 bits per heavy atom. The lowest BCUT2D eigenvalue weighted by atomic mass is 9.86. The molecule has 0 saturated heterocycles. The van der Waals surface area contributed by atoms with Crippen molar-refractivity contribution in [1.82, 2.24) is 0 Å². The maximum atomic E-state index is 4.63. The van der Waals surface area contributed by atoms with Gasteiger partial charge in [-0.25, -0.2) is 0 Å². The van der Waals surface area contributed by atoms with Crippen LogP contribution in [0.3, 0.4) is 0 Å². The quantitative estimate of drug-likeness (QED) is 0.174. The molecule has 0 spiro atoms. The zero-order valence-electron chi connectivity index (χ0n) is 26.8. The molecule has 1 aliphatic carbocycles. The van der Waals surface area contributed by atoms with Crippen LogP contribution in [0.1, 0.15) is 40.3 Å². The van der Waals surface area contributed by atoms with Crippen molar-refractivity contribution in [3.63, 3.8) is 0 Å². The summed E-state index contributed by atoms with van der Waals surface area (Å²) in [5.74, 6) is 0. The molecule has 1 aliphatic rings. The van der Waals surface area contributed by atoms with Gasteiger partial charge >= 0.3 is 0 Å². The van der Waals surface area contributed by atoms with Crippen LogP contribution in [0.25, 0.3) is 50.8 Å². The van der Waals surface area contributed by atoms with E-state index in [1.807, 2.05) is 19.1 Å². The Morgan fingerprint density at radius 1 is 0.596 bits per heavy atom.